The summed E-state index contributed by atoms with van der Waals surface area (Å²) in [5.41, 5.74) is 1.52. The van der Waals surface area contributed by atoms with Crippen LogP contribution in [0.1, 0.15) is 11.3 Å². The third-order valence-electron chi connectivity index (χ3n) is 2.14. The van der Waals surface area contributed by atoms with E-state index >= 15 is 0 Å². The van der Waals surface area contributed by atoms with Crippen LogP contribution in [0.3, 0.4) is 0 Å². The van der Waals surface area contributed by atoms with Crippen molar-refractivity contribution in [1.82, 2.24) is 9.78 Å². The van der Waals surface area contributed by atoms with Gasteiger partial charge in [0.15, 0.2) is 0 Å². The van der Waals surface area contributed by atoms with Gasteiger partial charge in [-0.05, 0) is 23.8 Å². The second kappa shape index (κ2) is 4.14. The Morgan fingerprint density at radius 1 is 1.31 bits per heavy atom. The third kappa shape index (κ3) is 2.25. The standard InChI is InChI=1S/C11H9FN2O2/c12-9-3-1-8(2-4-9)7-10-5-6-14(13-10)11(15)16/h1-6H,7H2,(H,15,16). The summed E-state index contributed by atoms with van der Waals surface area (Å²) in [6.07, 6.45) is 0.743. The summed E-state index contributed by atoms with van der Waals surface area (Å²) in [5.74, 6) is -0.292. The molecule has 1 aromatic heterocycles. The summed E-state index contributed by atoms with van der Waals surface area (Å²) in [5, 5.41) is 12.5. The fraction of sp³-hybridized carbons (Fsp3) is 0.0909. The van der Waals surface area contributed by atoms with E-state index < -0.39 is 6.09 Å². The molecule has 2 rings (SSSR count). The lowest BCUT2D eigenvalue weighted by Crippen LogP contribution is -2.08. The zero-order chi connectivity index (χ0) is 11.5. The molecule has 0 aliphatic heterocycles. The van der Waals surface area contributed by atoms with Crippen LogP contribution in [0.4, 0.5) is 9.18 Å². The Morgan fingerprint density at radius 3 is 2.56 bits per heavy atom. The molecule has 0 saturated heterocycles. The largest absolute Gasteiger partial charge is 0.463 e. The molecule has 16 heavy (non-hydrogen) atoms. The van der Waals surface area contributed by atoms with Gasteiger partial charge < -0.3 is 5.11 Å². The van der Waals surface area contributed by atoms with Crippen LogP contribution in [0.2, 0.25) is 0 Å². The van der Waals surface area contributed by atoms with Gasteiger partial charge in [-0.3, -0.25) is 0 Å². The fourth-order valence-electron chi connectivity index (χ4n) is 1.37. The molecule has 0 aliphatic carbocycles. The number of hydrogen-bond donors (Lipinski definition) is 1. The Balaban J connectivity index is 2.14. The van der Waals surface area contributed by atoms with Gasteiger partial charge in [-0.15, -0.1) is 0 Å². The molecule has 0 bridgehead atoms. The molecule has 0 unspecified atom stereocenters. The molecule has 82 valence electrons. The molecule has 1 aromatic carbocycles. The minimum atomic E-state index is -1.12. The Labute approximate surface area is 90.9 Å². The molecular weight excluding hydrogens is 211 g/mol. The number of rotatable bonds is 2. The highest BCUT2D eigenvalue weighted by Gasteiger charge is 2.05. The van der Waals surface area contributed by atoms with Gasteiger partial charge in [0.2, 0.25) is 0 Å². The molecule has 0 aliphatic rings. The Hall–Kier alpha value is -2.17. The molecular formula is C11H9FN2O2. The average Bonchev–Trinajstić information content (AvgIpc) is 2.70. The average molecular weight is 220 g/mol. The summed E-state index contributed by atoms with van der Waals surface area (Å²) in [6, 6.07) is 7.65. The SMILES string of the molecule is O=C(O)n1ccc(Cc2ccc(F)cc2)n1. The van der Waals surface area contributed by atoms with Crippen molar-refractivity contribution in [3.63, 3.8) is 0 Å². The number of hydrogen-bond acceptors (Lipinski definition) is 2. The molecule has 0 atom stereocenters. The first-order chi connectivity index (χ1) is 7.65. The molecule has 5 heteroatoms. The van der Waals surface area contributed by atoms with Gasteiger partial charge in [0, 0.05) is 12.6 Å². The maximum atomic E-state index is 12.6. The maximum Gasteiger partial charge on any atom is 0.432 e. The van der Waals surface area contributed by atoms with Crippen LogP contribution in [-0.2, 0) is 6.42 Å². The normalized spacial score (nSPS) is 10.3. The molecule has 4 nitrogen and oxygen atoms in total. The highest BCUT2D eigenvalue weighted by Crippen LogP contribution is 2.08. The smallest absolute Gasteiger partial charge is 0.432 e. The third-order valence-corrected chi connectivity index (χ3v) is 2.14. The zero-order valence-electron chi connectivity index (χ0n) is 8.30. The predicted molar refractivity (Wildman–Crippen MR) is 54.9 cm³/mol. The lowest BCUT2D eigenvalue weighted by Gasteiger charge is -1.97. The van der Waals surface area contributed by atoms with E-state index in [2.05, 4.69) is 5.10 Å². The lowest BCUT2D eigenvalue weighted by atomic mass is 10.1. The van der Waals surface area contributed by atoms with Crippen LogP contribution >= 0.6 is 0 Å². The van der Waals surface area contributed by atoms with Gasteiger partial charge in [-0.1, -0.05) is 12.1 Å². The van der Waals surface area contributed by atoms with E-state index in [-0.39, 0.29) is 5.82 Å². The first kappa shape index (κ1) is 10.4. The van der Waals surface area contributed by atoms with E-state index in [0.717, 1.165) is 10.2 Å². The van der Waals surface area contributed by atoms with Crippen molar-refractivity contribution in [1.29, 1.82) is 0 Å². The summed E-state index contributed by atoms with van der Waals surface area (Å²) < 4.78 is 13.5. The van der Waals surface area contributed by atoms with E-state index in [1.807, 2.05) is 0 Å². The van der Waals surface area contributed by atoms with Crippen LogP contribution in [0, 0.1) is 5.82 Å². The second-order valence-corrected chi connectivity index (χ2v) is 3.34. The Kier molecular flexibility index (Phi) is 2.68. The highest BCUT2D eigenvalue weighted by molar-refractivity contribution is 5.66. The van der Waals surface area contributed by atoms with Crippen molar-refractivity contribution in [2.75, 3.05) is 0 Å². The van der Waals surface area contributed by atoms with Crippen molar-refractivity contribution in [3.8, 4) is 0 Å². The van der Waals surface area contributed by atoms with Crippen LogP contribution in [-0.4, -0.2) is 21.0 Å². The number of halogens is 1. The Morgan fingerprint density at radius 2 is 2.00 bits per heavy atom. The van der Waals surface area contributed by atoms with E-state index in [1.165, 1.54) is 18.3 Å². The monoisotopic (exact) mass is 220 g/mol. The van der Waals surface area contributed by atoms with Crippen molar-refractivity contribution in [2.45, 2.75) is 6.42 Å². The molecule has 2 aromatic rings. The minimum absolute atomic E-state index is 0.292. The van der Waals surface area contributed by atoms with Gasteiger partial charge in [0.25, 0.3) is 0 Å². The van der Waals surface area contributed by atoms with Crippen LogP contribution < -0.4 is 0 Å². The zero-order valence-corrected chi connectivity index (χ0v) is 8.30. The number of nitrogens with zero attached hydrogens (tertiary/aromatic N) is 2. The maximum absolute atomic E-state index is 12.6. The van der Waals surface area contributed by atoms with Crippen LogP contribution in [0.25, 0.3) is 0 Å². The molecule has 1 N–H and O–H groups in total. The van der Waals surface area contributed by atoms with Gasteiger partial charge >= 0.3 is 6.09 Å². The Bertz CT molecular complexity index is 505. The summed E-state index contributed by atoms with van der Waals surface area (Å²) in [6.45, 7) is 0. The summed E-state index contributed by atoms with van der Waals surface area (Å²) in [7, 11) is 0. The van der Waals surface area contributed by atoms with Gasteiger partial charge in [-0.2, -0.15) is 9.78 Å². The second-order valence-electron chi connectivity index (χ2n) is 3.34. The number of carboxylic acid groups (broad SMARTS) is 1. The molecule has 0 fully saturated rings. The van der Waals surface area contributed by atoms with Crippen molar-refractivity contribution in [2.24, 2.45) is 0 Å². The fourth-order valence-corrected chi connectivity index (χ4v) is 1.37. The summed E-state index contributed by atoms with van der Waals surface area (Å²) in [4.78, 5) is 10.6. The molecule has 0 amide bonds. The van der Waals surface area contributed by atoms with E-state index in [9.17, 15) is 9.18 Å². The lowest BCUT2D eigenvalue weighted by molar-refractivity contribution is 0.192. The summed E-state index contributed by atoms with van der Waals surface area (Å²) >= 11 is 0. The number of benzene rings is 1. The molecule has 0 radical (unpaired) electrons. The van der Waals surface area contributed by atoms with E-state index in [0.29, 0.717) is 12.1 Å². The highest BCUT2D eigenvalue weighted by atomic mass is 19.1. The van der Waals surface area contributed by atoms with Crippen LogP contribution in [0.15, 0.2) is 36.5 Å². The minimum Gasteiger partial charge on any atom is -0.463 e. The predicted octanol–water partition coefficient (Wildman–Crippen LogP) is 2.14. The number of carbonyl (C=O) groups is 1. The van der Waals surface area contributed by atoms with Crippen molar-refractivity contribution < 1.29 is 14.3 Å². The van der Waals surface area contributed by atoms with Gasteiger partial charge in [-0.25, -0.2) is 9.18 Å². The molecule has 0 saturated carbocycles. The first-order valence-corrected chi connectivity index (χ1v) is 4.67. The molecule has 1 heterocycles. The quantitative estimate of drug-likeness (QED) is 0.843. The molecule has 0 spiro atoms. The number of aromatic nitrogens is 2. The first-order valence-electron chi connectivity index (χ1n) is 4.67. The van der Waals surface area contributed by atoms with Gasteiger partial charge in [0.1, 0.15) is 5.82 Å². The topological polar surface area (TPSA) is 55.1 Å². The van der Waals surface area contributed by atoms with E-state index in [1.54, 1.807) is 18.2 Å². The van der Waals surface area contributed by atoms with Crippen molar-refractivity contribution in [3.05, 3.63) is 53.6 Å². The van der Waals surface area contributed by atoms with Crippen LogP contribution in [0.5, 0.6) is 0 Å². The van der Waals surface area contributed by atoms with E-state index in [4.69, 9.17) is 5.11 Å². The van der Waals surface area contributed by atoms with Gasteiger partial charge in [0.05, 0.1) is 5.69 Å². The van der Waals surface area contributed by atoms with Crippen molar-refractivity contribution >= 4 is 6.09 Å².